The number of hydrogen-bond donors (Lipinski definition) is 2. The SMILES string of the molecule is CC(C)(CO)[C@H](N)c1ccnc2ccccc12. The van der Waals surface area contributed by atoms with E-state index in [1.54, 1.807) is 6.20 Å². The van der Waals surface area contributed by atoms with E-state index in [-0.39, 0.29) is 18.1 Å². The number of hydrogen-bond acceptors (Lipinski definition) is 3. The molecule has 0 saturated carbocycles. The molecule has 1 aromatic heterocycles. The van der Waals surface area contributed by atoms with E-state index in [4.69, 9.17) is 5.73 Å². The number of pyridine rings is 1. The number of aromatic nitrogens is 1. The van der Waals surface area contributed by atoms with E-state index in [9.17, 15) is 5.11 Å². The van der Waals surface area contributed by atoms with Crippen molar-refractivity contribution in [1.82, 2.24) is 4.98 Å². The van der Waals surface area contributed by atoms with Gasteiger partial charge in [-0.05, 0) is 17.7 Å². The Bertz CT molecular complexity index is 517. The summed E-state index contributed by atoms with van der Waals surface area (Å²) in [5.41, 5.74) is 7.89. The second-order valence-corrected chi connectivity index (χ2v) is 5.04. The lowest BCUT2D eigenvalue weighted by Crippen LogP contribution is -2.32. The van der Waals surface area contributed by atoms with Crippen LogP contribution in [0.15, 0.2) is 36.5 Å². The van der Waals surface area contributed by atoms with E-state index in [0.29, 0.717) is 0 Å². The molecule has 0 aliphatic carbocycles. The second kappa shape index (κ2) is 4.43. The molecular formula is C14H18N2O. The van der Waals surface area contributed by atoms with Gasteiger partial charge >= 0.3 is 0 Å². The van der Waals surface area contributed by atoms with Crippen LogP contribution in [0.1, 0.15) is 25.5 Å². The monoisotopic (exact) mass is 230 g/mol. The molecule has 0 unspecified atom stereocenters. The third kappa shape index (κ3) is 2.16. The fourth-order valence-electron chi connectivity index (χ4n) is 1.91. The highest BCUT2D eigenvalue weighted by atomic mass is 16.3. The molecule has 3 nitrogen and oxygen atoms in total. The van der Waals surface area contributed by atoms with Gasteiger partial charge in [-0.15, -0.1) is 0 Å². The molecule has 1 heterocycles. The van der Waals surface area contributed by atoms with Crippen LogP contribution in [0.4, 0.5) is 0 Å². The minimum Gasteiger partial charge on any atom is -0.396 e. The highest BCUT2D eigenvalue weighted by molar-refractivity contribution is 5.82. The summed E-state index contributed by atoms with van der Waals surface area (Å²) in [6.07, 6.45) is 1.77. The Morgan fingerprint density at radius 3 is 2.71 bits per heavy atom. The van der Waals surface area contributed by atoms with Crippen LogP contribution < -0.4 is 5.73 Å². The largest absolute Gasteiger partial charge is 0.396 e. The summed E-state index contributed by atoms with van der Waals surface area (Å²) in [5, 5.41) is 10.5. The van der Waals surface area contributed by atoms with E-state index in [0.717, 1.165) is 16.5 Å². The Balaban J connectivity index is 2.56. The maximum atomic E-state index is 9.40. The number of benzene rings is 1. The van der Waals surface area contributed by atoms with Crippen LogP contribution in [0.3, 0.4) is 0 Å². The number of nitrogens with two attached hydrogens (primary N) is 1. The zero-order valence-electron chi connectivity index (χ0n) is 10.2. The molecule has 0 aliphatic heterocycles. The first-order valence-electron chi connectivity index (χ1n) is 5.76. The van der Waals surface area contributed by atoms with Crippen LogP contribution in [0.5, 0.6) is 0 Å². The molecule has 0 bridgehead atoms. The lowest BCUT2D eigenvalue weighted by molar-refractivity contribution is 0.133. The maximum Gasteiger partial charge on any atom is 0.0705 e. The first-order valence-corrected chi connectivity index (χ1v) is 5.76. The van der Waals surface area contributed by atoms with E-state index >= 15 is 0 Å². The van der Waals surface area contributed by atoms with Crippen molar-refractivity contribution in [2.75, 3.05) is 6.61 Å². The van der Waals surface area contributed by atoms with Crippen LogP contribution in [-0.4, -0.2) is 16.7 Å². The van der Waals surface area contributed by atoms with Gasteiger partial charge in [-0.1, -0.05) is 32.0 Å². The van der Waals surface area contributed by atoms with Gasteiger partial charge in [0.1, 0.15) is 0 Å². The second-order valence-electron chi connectivity index (χ2n) is 5.04. The van der Waals surface area contributed by atoms with Gasteiger partial charge in [0, 0.05) is 29.6 Å². The number of aliphatic hydroxyl groups excluding tert-OH is 1. The molecule has 0 amide bonds. The lowest BCUT2D eigenvalue weighted by Gasteiger charge is -2.30. The predicted molar refractivity (Wildman–Crippen MR) is 69.5 cm³/mol. The summed E-state index contributed by atoms with van der Waals surface area (Å²) in [4.78, 5) is 4.31. The Morgan fingerprint density at radius 1 is 1.29 bits per heavy atom. The maximum absolute atomic E-state index is 9.40. The van der Waals surface area contributed by atoms with Gasteiger partial charge in [0.15, 0.2) is 0 Å². The summed E-state index contributed by atoms with van der Waals surface area (Å²) in [6.45, 7) is 3.99. The zero-order valence-corrected chi connectivity index (χ0v) is 10.2. The molecule has 0 fully saturated rings. The first kappa shape index (κ1) is 12.0. The summed E-state index contributed by atoms with van der Waals surface area (Å²) < 4.78 is 0. The minimum atomic E-state index is -0.343. The Labute approximate surface area is 101 Å². The van der Waals surface area contributed by atoms with Crippen molar-refractivity contribution in [3.05, 3.63) is 42.1 Å². The molecule has 0 saturated heterocycles. The van der Waals surface area contributed by atoms with Crippen molar-refractivity contribution in [3.63, 3.8) is 0 Å². The van der Waals surface area contributed by atoms with Crippen LogP contribution >= 0.6 is 0 Å². The summed E-state index contributed by atoms with van der Waals surface area (Å²) in [7, 11) is 0. The molecule has 2 aromatic rings. The fourth-order valence-corrected chi connectivity index (χ4v) is 1.91. The lowest BCUT2D eigenvalue weighted by atomic mass is 9.81. The van der Waals surface area contributed by atoms with Crippen molar-refractivity contribution in [1.29, 1.82) is 0 Å². The number of aliphatic hydroxyl groups is 1. The quantitative estimate of drug-likeness (QED) is 0.850. The van der Waals surface area contributed by atoms with Crippen molar-refractivity contribution >= 4 is 10.9 Å². The van der Waals surface area contributed by atoms with Crippen LogP contribution in [0, 0.1) is 5.41 Å². The summed E-state index contributed by atoms with van der Waals surface area (Å²) >= 11 is 0. The summed E-state index contributed by atoms with van der Waals surface area (Å²) in [5.74, 6) is 0. The van der Waals surface area contributed by atoms with Gasteiger partial charge in [0.25, 0.3) is 0 Å². The average Bonchev–Trinajstić information content (AvgIpc) is 2.37. The number of rotatable bonds is 3. The van der Waals surface area contributed by atoms with Crippen LogP contribution in [0.2, 0.25) is 0 Å². The van der Waals surface area contributed by atoms with Gasteiger partial charge in [-0.25, -0.2) is 0 Å². The molecule has 1 atom stereocenters. The van der Waals surface area contributed by atoms with Gasteiger partial charge < -0.3 is 10.8 Å². The third-order valence-corrected chi connectivity index (χ3v) is 3.27. The van der Waals surface area contributed by atoms with E-state index in [1.807, 2.05) is 44.2 Å². The van der Waals surface area contributed by atoms with Gasteiger partial charge in [-0.3, -0.25) is 4.98 Å². The Morgan fingerprint density at radius 2 is 2.00 bits per heavy atom. The van der Waals surface area contributed by atoms with Crippen LogP contribution in [-0.2, 0) is 0 Å². The molecule has 90 valence electrons. The highest BCUT2D eigenvalue weighted by Crippen LogP contribution is 2.33. The molecule has 3 N–H and O–H groups in total. The Hall–Kier alpha value is -1.45. The van der Waals surface area contributed by atoms with Crippen molar-refractivity contribution in [3.8, 4) is 0 Å². The van der Waals surface area contributed by atoms with E-state index < -0.39 is 0 Å². The molecule has 3 heteroatoms. The Kier molecular flexibility index (Phi) is 3.13. The van der Waals surface area contributed by atoms with Gasteiger partial charge in [0.2, 0.25) is 0 Å². The molecule has 0 radical (unpaired) electrons. The summed E-state index contributed by atoms with van der Waals surface area (Å²) in [6, 6.07) is 9.65. The first-order chi connectivity index (χ1) is 8.06. The van der Waals surface area contributed by atoms with E-state index in [1.165, 1.54) is 0 Å². The highest BCUT2D eigenvalue weighted by Gasteiger charge is 2.28. The predicted octanol–water partition coefficient (Wildman–Crippen LogP) is 2.25. The third-order valence-electron chi connectivity index (χ3n) is 3.27. The molecule has 2 rings (SSSR count). The van der Waals surface area contributed by atoms with Gasteiger partial charge in [0.05, 0.1) is 5.52 Å². The van der Waals surface area contributed by atoms with Crippen molar-refractivity contribution in [2.24, 2.45) is 11.1 Å². The van der Waals surface area contributed by atoms with Crippen molar-refractivity contribution in [2.45, 2.75) is 19.9 Å². The molecule has 17 heavy (non-hydrogen) atoms. The number of para-hydroxylation sites is 1. The smallest absolute Gasteiger partial charge is 0.0705 e. The molecule has 0 spiro atoms. The molecule has 0 aliphatic rings. The zero-order chi connectivity index (χ0) is 12.5. The standard InChI is InChI=1S/C14H18N2O/c1-14(2,9-17)13(15)11-7-8-16-12-6-4-3-5-10(11)12/h3-8,13,17H,9,15H2,1-2H3/t13-/m1/s1. The topological polar surface area (TPSA) is 59.1 Å². The minimum absolute atomic E-state index is 0.0603. The average molecular weight is 230 g/mol. The number of fused-ring (bicyclic) bond motifs is 1. The van der Waals surface area contributed by atoms with E-state index in [2.05, 4.69) is 4.98 Å². The molecular weight excluding hydrogens is 212 g/mol. The fraction of sp³-hybridized carbons (Fsp3) is 0.357. The molecule has 1 aromatic carbocycles. The van der Waals surface area contributed by atoms with Crippen LogP contribution in [0.25, 0.3) is 10.9 Å². The van der Waals surface area contributed by atoms with Crippen molar-refractivity contribution < 1.29 is 5.11 Å². The number of nitrogens with zero attached hydrogens (tertiary/aromatic N) is 1. The normalized spacial score (nSPS) is 13.9. The van der Waals surface area contributed by atoms with Gasteiger partial charge in [-0.2, -0.15) is 0 Å².